The van der Waals surface area contributed by atoms with E-state index in [9.17, 15) is 4.79 Å². The molecule has 0 aliphatic carbocycles. The molecule has 0 aliphatic heterocycles. The van der Waals surface area contributed by atoms with Crippen LogP contribution >= 0.6 is 0 Å². The molecule has 3 aromatic rings. The van der Waals surface area contributed by atoms with E-state index in [1.807, 2.05) is 45.0 Å². The summed E-state index contributed by atoms with van der Waals surface area (Å²) in [5, 5.41) is 10.9. The highest BCUT2D eigenvalue weighted by atomic mass is 16.6. The van der Waals surface area contributed by atoms with Gasteiger partial charge in [-0.3, -0.25) is 0 Å². The Morgan fingerprint density at radius 1 is 1.00 bits per heavy atom. The van der Waals surface area contributed by atoms with E-state index >= 15 is 0 Å². The van der Waals surface area contributed by atoms with Gasteiger partial charge in [0.2, 0.25) is 0 Å². The van der Waals surface area contributed by atoms with Gasteiger partial charge in [-0.15, -0.1) is 0 Å². The number of nitrogens with two attached hydrogens (primary N) is 1. The van der Waals surface area contributed by atoms with E-state index in [0.717, 1.165) is 10.8 Å². The zero-order valence-electron chi connectivity index (χ0n) is 15.4. The number of esters is 1. The standard InChI is InChI=1S/C22H20N2O3/c1-22(2,3)27-21(25)19-9-7-17(24)12-20(19)26-18-8-6-15-10-14(13-23)4-5-16(15)11-18/h4-12H,24H2,1-3H3. The minimum Gasteiger partial charge on any atom is -0.456 e. The fraction of sp³-hybridized carbons (Fsp3) is 0.182. The Bertz CT molecular complexity index is 1060. The Morgan fingerprint density at radius 3 is 2.41 bits per heavy atom. The zero-order valence-corrected chi connectivity index (χ0v) is 15.4. The normalized spacial score (nSPS) is 11.0. The summed E-state index contributed by atoms with van der Waals surface area (Å²) in [7, 11) is 0. The van der Waals surface area contributed by atoms with Crippen molar-refractivity contribution >= 4 is 22.4 Å². The molecule has 136 valence electrons. The number of hydrogen-bond acceptors (Lipinski definition) is 5. The van der Waals surface area contributed by atoms with Gasteiger partial charge in [0.1, 0.15) is 22.7 Å². The second kappa shape index (κ2) is 7.00. The number of benzene rings is 3. The number of nitrogens with zero attached hydrogens (tertiary/aromatic N) is 1. The molecule has 0 radical (unpaired) electrons. The van der Waals surface area contributed by atoms with Gasteiger partial charge in [0.25, 0.3) is 0 Å². The lowest BCUT2D eigenvalue weighted by Crippen LogP contribution is -2.24. The third-order valence-electron chi connectivity index (χ3n) is 3.79. The molecule has 0 aliphatic rings. The monoisotopic (exact) mass is 360 g/mol. The van der Waals surface area contributed by atoms with Crippen LogP contribution in [0, 0.1) is 11.3 Å². The molecule has 0 fully saturated rings. The van der Waals surface area contributed by atoms with E-state index in [2.05, 4.69) is 6.07 Å². The summed E-state index contributed by atoms with van der Waals surface area (Å²) in [6, 6.07) is 17.9. The molecule has 0 atom stereocenters. The van der Waals surface area contributed by atoms with Crippen molar-refractivity contribution in [1.29, 1.82) is 5.26 Å². The summed E-state index contributed by atoms with van der Waals surface area (Å²) >= 11 is 0. The third-order valence-corrected chi connectivity index (χ3v) is 3.79. The molecule has 27 heavy (non-hydrogen) atoms. The van der Waals surface area contributed by atoms with Crippen LogP contribution in [0.15, 0.2) is 54.6 Å². The van der Waals surface area contributed by atoms with Crippen LogP contribution in [0.25, 0.3) is 10.8 Å². The summed E-state index contributed by atoms with van der Waals surface area (Å²) in [5.41, 5.74) is 6.64. The number of rotatable bonds is 3. The first kappa shape index (κ1) is 18.3. The number of ether oxygens (including phenoxy) is 2. The summed E-state index contributed by atoms with van der Waals surface area (Å²) in [6.45, 7) is 5.42. The molecule has 0 saturated carbocycles. The lowest BCUT2D eigenvalue weighted by molar-refractivity contribution is 0.00672. The Hall–Kier alpha value is -3.52. The zero-order chi connectivity index (χ0) is 19.6. The first-order valence-corrected chi connectivity index (χ1v) is 8.50. The number of fused-ring (bicyclic) bond motifs is 1. The number of hydrogen-bond donors (Lipinski definition) is 1. The number of nitriles is 1. The second-order valence-corrected chi connectivity index (χ2v) is 7.20. The van der Waals surface area contributed by atoms with Crippen LogP contribution < -0.4 is 10.5 Å². The second-order valence-electron chi connectivity index (χ2n) is 7.20. The fourth-order valence-corrected chi connectivity index (χ4v) is 2.61. The van der Waals surface area contributed by atoms with Gasteiger partial charge in [0.05, 0.1) is 11.6 Å². The largest absolute Gasteiger partial charge is 0.456 e. The van der Waals surface area contributed by atoms with Crippen LogP contribution in [0.1, 0.15) is 36.7 Å². The summed E-state index contributed by atoms with van der Waals surface area (Å²) in [5.74, 6) is 0.414. The molecule has 0 unspecified atom stereocenters. The summed E-state index contributed by atoms with van der Waals surface area (Å²) in [6.07, 6.45) is 0. The molecule has 5 nitrogen and oxygen atoms in total. The van der Waals surface area contributed by atoms with Crippen molar-refractivity contribution in [3.8, 4) is 17.6 Å². The molecule has 3 rings (SSSR count). The first-order chi connectivity index (χ1) is 12.7. The molecule has 0 heterocycles. The predicted octanol–water partition coefficient (Wildman–Crippen LogP) is 5.04. The van der Waals surface area contributed by atoms with Crippen molar-refractivity contribution in [2.45, 2.75) is 26.4 Å². The molecule has 0 aromatic heterocycles. The van der Waals surface area contributed by atoms with E-state index < -0.39 is 11.6 Å². The number of nitrogen functional groups attached to an aromatic ring is 1. The van der Waals surface area contributed by atoms with E-state index in [4.69, 9.17) is 20.5 Å². The lowest BCUT2D eigenvalue weighted by Gasteiger charge is -2.20. The summed E-state index contributed by atoms with van der Waals surface area (Å²) in [4.78, 5) is 12.5. The average molecular weight is 360 g/mol. The molecule has 0 saturated heterocycles. The van der Waals surface area contributed by atoms with E-state index in [1.54, 1.807) is 30.3 Å². The van der Waals surface area contributed by atoms with Gasteiger partial charge in [0.15, 0.2) is 0 Å². The average Bonchev–Trinajstić information content (AvgIpc) is 2.59. The Morgan fingerprint density at radius 2 is 1.70 bits per heavy atom. The maximum absolute atomic E-state index is 12.5. The minimum atomic E-state index is -0.614. The van der Waals surface area contributed by atoms with Crippen LogP contribution in [0.2, 0.25) is 0 Å². The fourth-order valence-electron chi connectivity index (χ4n) is 2.61. The molecular weight excluding hydrogens is 340 g/mol. The van der Waals surface area contributed by atoms with Crippen molar-refractivity contribution in [2.75, 3.05) is 5.73 Å². The van der Waals surface area contributed by atoms with Gasteiger partial charge < -0.3 is 15.2 Å². The topological polar surface area (TPSA) is 85.3 Å². The van der Waals surface area contributed by atoms with E-state index in [1.165, 1.54) is 0 Å². The molecule has 2 N–H and O–H groups in total. The molecular formula is C22H20N2O3. The Labute approximate surface area is 157 Å². The third kappa shape index (κ3) is 4.36. The van der Waals surface area contributed by atoms with Crippen molar-refractivity contribution in [3.63, 3.8) is 0 Å². The molecule has 5 heteroatoms. The van der Waals surface area contributed by atoms with Crippen LogP contribution in [-0.4, -0.2) is 11.6 Å². The van der Waals surface area contributed by atoms with Crippen LogP contribution in [0.3, 0.4) is 0 Å². The maximum Gasteiger partial charge on any atom is 0.342 e. The quantitative estimate of drug-likeness (QED) is 0.522. The summed E-state index contributed by atoms with van der Waals surface area (Å²) < 4.78 is 11.4. The maximum atomic E-state index is 12.5. The van der Waals surface area contributed by atoms with Crippen molar-refractivity contribution in [3.05, 3.63) is 65.7 Å². The van der Waals surface area contributed by atoms with Crippen molar-refractivity contribution in [1.82, 2.24) is 0 Å². The lowest BCUT2D eigenvalue weighted by atomic mass is 10.1. The van der Waals surface area contributed by atoms with Gasteiger partial charge in [-0.05, 0) is 67.9 Å². The highest BCUT2D eigenvalue weighted by Crippen LogP contribution is 2.31. The molecule has 3 aromatic carbocycles. The van der Waals surface area contributed by atoms with Crippen LogP contribution in [-0.2, 0) is 4.74 Å². The van der Waals surface area contributed by atoms with Crippen molar-refractivity contribution in [2.24, 2.45) is 0 Å². The smallest absolute Gasteiger partial charge is 0.342 e. The predicted molar refractivity (Wildman–Crippen MR) is 105 cm³/mol. The SMILES string of the molecule is CC(C)(C)OC(=O)c1ccc(N)cc1Oc1ccc2cc(C#N)ccc2c1. The molecule has 0 spiro atoms. The Balaban J connectivity index is 1.95. The van der Waals surface area contributed by atoms with Gasteiger partial charge in [-0.2, -0.15) is 5.26 Å². The number of anilines is 1. The van der Waals surface area contributed by atoms with Gasteiger partial charge in [0, 0.05) is 11.8 Å². The molecule has 0 bridgehead atoms. The van der Waals surface area contributed by atoms with Crippen LogP contribution in [0.4, 0.5) is 5.69 Å². The van der Waals surface area contributed by atoms with Gasteiger partial charge >= 0.3 is 5.97 Å². The van der Waals surface area contributed by atoms with Crippen LogP contribution in [0.5, 0.6) is 11.5 Å². The highest BCUT2D eigenvalue weighted by molar-refractivity contribution is 5.93. The number of carbonyl (C=O) groups is 1. The number of carbonyl (C=O) groups excluding carboxylic acids is 1. The van der Waals surface area contributed by atoms with Gasteiger partial charge in [-0.25, -0.2) is 4.79 Å². The minimum absolute atomic E-state index is 0.305. The van der Waals surface area contributed by atoms with Crippen molar-refractivity contribution < 1.29 is 14.3 Å². The molecule has 0 amide bonds. The first-order valence-electron chi connectivity index (χ1n) is 8.50. The van der Waals surface area contributed by atoms with E-state index in [-0.39, 0.29) is 0 Å². The van der Waals surface area contributed by atoms with Gasteiger partial charge in [-0.1, -0.05) is 12.1 Å². The van der Waals surface area contributed by atoms with E-state index in [0.29, 0.717) is 28.3 Å². The Kier molecular flexibility index (Phi) is 4.74. The highest BCUT2D eigenvalue weighted by Gasteiger charge is 2.21.